The van der Waals surface area contributed by atoms with Crippen LogP contribution in [0.5, 0.6) is 11.5 Å². The van der Waals surface area contributed by atoms with E-state index in [2.05, 4.69) is 10.5 Å². The average Bonchev–Trinajstić information content (AvgIpc) is 3.00. The number of hydrazone groups is 1. The van der Waals surface area contributed by atoms with Crippen LogP contribution in [0.15, 0.2) is 52.2 Å². The maximum Gasteiger partial charge on any atom is 0.284 e. The van der Waals surface area contributed by atoms with Gasteiger partial charge in [-0.2, -0.15) is 5.10 Å². The number of nitrogens with one attached hydrogen (secondary N) is 1. The summed E-state index contributed by atoms with van der Waals surface area (Å²) in [5.41, 5.74) is 2.39. The van der Waals surface area contributed by atoms with Gasteiger partial charge in [-0.1, -0.05) is 12.1 Å². The van der Waals surface area contributed by atoms with Gasteiger partial charge in [-0.05, 0) is 24.3 Å². The molecule has 1 aromatic heterocycles. The molecule has 1 unspecified atom stereocenters. The van der Waals surface area contributed by atoms with Crippen LogP contribution in [0.3, 0.4) is 0 Å². The highest BCUT2D eigenvalue weighted by Crippen LogP contribution is 2.30. The zero-order chi connectivity index (χ0) is 13.8. The minimum atomic E-state index is -0.723. The number of amides is 1. The Hall–Kier alpha value is -2.76. The molecular formula is C14H12N2O4. The molecule has 20 heavy (non-hydrogen) atoms. The number of carbonyl (C=O) groups excluding carboxylic acids is 1. The lowest BCUT2D eigenvalue weighted by Gasteiger charge is -2.24. The second kappa shape index (κ2) is 5.48. The van der Waals surface area contributed by atoms with Crippen molar-refractivity contribution < 1.29 is 18.7 Å². The van der Waals surface area contributed by atoms with Gasteiger partial charge in [-0.3, -0.25) is 4.79 Å². The molecule has 102 valence electrons. The number of rotatable bonds is 3. The van der Waals surface area contributed by atoms with E-state index in [1.165, 1.54) is 12.5 Å². The van der Waals surface area contributed by atoms with Crippen LogP contribution in [0.25, 0.3) is 0 Å². The molecule has 0 bridgehead atoms. The molecule has 1 aliphatic heterocycles. The highest BCUT2D eigenvalue weighted by molar-refractivity contribution is 5.83. The summed E-state index contributed by atoms with van der Waals surface area (Å²) in [5, 5.41) is 3.79. The minimum absolute atomic E-state index is 0.152. The summed E-state index contributed by atoms with van der Waals surface area (Å²) in [5.74, 6) is 1.36. The summed E-state index contributed by atoms with van der Waals surface area (Å²) in [4.78, 5) is 11.9. The third-order valence-corrected chi connectivity index (χ3v) is 2.71. The van der Waals surface area contributed by atoms with Crippen LogP contribution in [0.1, 0.15) is 5.76 Å². The normalized spacial score (nSPS) is 17.1. The monoisotopic (exact) mass is 272 g/mol. The quantitative estimate of drug-likeness (QED) is 0.680. The van der Waals surface area contributed by atoms with Crippen molar-refractivity contribution in [3.8, 4) is 11.5 Å². The molecule has 0 fully saturated rings. The Morgan fingerprint density at radius 1 is 1.25 bits per heavy atom. The van der Waals surface area contributed by atoms with Gasteiger partial charge in [0.1, 0.15) is 12.4 Å². The first-order valence-corrected chi connectivity index (χ1v) is 6.08. The number of carbonyl (C=O) groups is 1. The van der Waals surface area contributed by atoms with Crippen molar-refractivity contribution in [1.82, 2.24) is 5.43 Å². The van der Waals surface area contributed by atoms with E-state index in [0.717, 1.165) is 0 Å². The summed E-state index contributed by atoms with van der Waals surface area (Å²) >= 11 is 0. The number of fused-ring (bicyclic) bond motifs is 1. The zero-order valence-corrected chi connectivity index (χ0v) is 10.5. The van der Waals surface area contributed by atoms with E-state index in [1.54, 1.807) is 24.3 Å². The Balaban J connectivity index is 1.59. The van der Waals surface area contributed by atoms with Crippen molar-refractivity contribution in [2.24, 2.45) is 5.10 Å². The van der Waals surface area contributed by atoms with E-state index in [1.807, 2.05) is 12.1 Å². The van der Waals surface area contributed by atoms with Gasteiger partial charge in [0.05, 0.1) is 12.5 Å². The number of para-hydroxylation sites is 2. The van der Waals surface area contributed by atoms with Crippen LogP contribution in [0, 0.1) is 0 Å². The second-order valence-electron chi connectivity index (χ2n) is 4.11. The Kier molecular flexibility index (Phi) is 3.36. The highest BCUT2D eigenvalue weighted by Gasteiger charge is 2.26. The fraction of sp³-hybridized carbons (Fsp3) is 0.143. The molecule has 6 nitrogen and oxygen atoms in total. The smallest absolute Gasteiger partial charge is 0.284 e. The largest absolute Gasteiger partial charge is 0.485 e. The van der Waals surface area contributed by atoms with Gasteiger partial charge in [0.15, 0.2) is 11.5 Å². The number of hydrogen-bond donors (Lipinski definition) is 1. The van der Waals surface area contributed by atoms with Gasteiger partial charge in [0.25, 0.3) is 5.91 Å². The molecule has 1 aromatic carbocycles. The molecule has 2 aromatic rings. The van der Waals surface area contributed by atoms with Gasteiger partial charge < -0.3 is 13.9 Å². The predicted octanol–water partition coefficient (Wildman–Crippen LogP) is 1.57. The SMILES string of the molecule is O=C(N/N=C\c1ccco1)C1COc2ccccc2O1. The second-order valence-corrected chi connectivity index (χ2v) is 4.11. The number of hydrogen-bond acceptors (Lipinski definition) is 5. The molecule has 3 rings (SSSR count). The number of furan rings is 1. The molecule has 2 heterocycles. The molecule has 6 heteroatoms. The molecule has 1 atom stereocenters. The predicted molar refractivity (Wildman–Crippen MR) is 70.8 cm³/mol. The molecule has 0 radical (unpaired) electrons. The summed E-state index contributed by atoms with van der Waals surface area (Å²) in [6.07, 6.45) is 2.21. The summed E-state index contributed by atoms with van der Waals surface area (Å²) in [6.45, 7) is 0.152. The van der Waals surface area contributed by atoms with Crippen molar-refractivity contribution in [2.75, 3.05) is 6.61 Å². The Bertz CT molecular complexity index is 622. The number of benzene rings is 1. The average molecular weight is 272 g/mol. The molecule has 0 spiro atoms. The highest BCUT2D eigenvalue weighted by atomic mass is 16.6. The van der Waals surface area contributed by atoms with Gasteiger partial charge in [0.2, 0.25) is 6.10 Å². The van der Waals surface area contributed by atoms with Crippen LogP contribution in [-0.4, -0.2) is 24.8 Å². The van der Waals surface area contributed by atoms with Gasteiger partial charge in [-0.15, -0.1) is 0 Å². The van der Waals surface area contributed by atoms with Crippen molar-refractivity contribution in [1.29, 1.82) is 0 Å². The Morgan fingerprint density at radius 2 is 2.10 bits per heavy atom. The summed E-state index contributed by atoms with van der Waals surface area (Å²) in [7, 11) is 0. The van der Waals surface area contributed by atoms with E-state index in [4.69, 9.17) is 13.9 Å². The van der Waals surface area contributed by atoms with E-state index >= 15 is 0 Å². The van der Waals surface area contributed by atoms with Crippen LogP contribution in [0.4, 0.5) is 0 Å². The lowest BCUT2D eigenvalue weighted by atomic mass is 10.2. The Morgan fingerprint density at radius 3 is 2.90 bits per heavy atom. The Labute approximate surface area is 115 Å². The fourth-order valence-corrected chi connectivity index (χ4v) is 1.74. The van der Waals surface area contributed by atoms with Crippen LogP contribution >= 0.6 is 0 Å². The molecule has 1 amide bonds. The van der Waals surface area contributed by atoms with E-state index < -0.39 is 6.10 Å². The standard InChI is InChI=1S/C14H12N2O4/c17-14(16-15-8-10-4-3-7-18-10)13-9-19-11-5-1-2-6-12(11)20-13/h1-8,13H,9H2,(H,16,17)/b15-8-. The van der Waals surface area contributed by atoms with Crippen LogP contribution in [-0.2, 0) is 4.79 Å². The van der Waals surface area contributed by atoms with Gasteiger partial charge in [-0.25, -0.2) is 5.43 Å². The molecule has 1 aliphatic rings. The number of ether oxygens (including phenoxy) is 2. The van der Waals surface area contributed by atoms with Gasteiger partial charge in [0, 0.05) is 0 Å². The third-order valence-electron chi connectivity index (χ3n) is 2.71. The molecular weight excluding hydrogens is 260 g/mol. The van der Waals surface area contributed by atoms with E-state index in [9.17, 15) is 4.79 Å². The molecule has 0 aliphatic carbocycles. The maximum atomic E-state index is 11.9. The third kappa shape index (κ3) is 2.64. The fourth-order valence-electron chi connectivity index (χ4n) is 1.74. The summed E-state index contributed by atoms with van der Waals surface area (Å²) < 4.78 is 16.1. The van der Waals surface area contributed by atoms with Gasteiger partial charge >= 0.3 is 0 Å². The van der Waals surface area contributed by atoms with Crippen molar-refractivity contribution in [3.63, 3.8) is 0 Å². The first kappa shape index (κ1) is 12.3. The van der Waals surface area contributed by atoms with Crippen LogP contribution < -0.4 is 14.9 Å². The van der Waals surface area contributed by atoms with E-state index in [0.29, 0.717) is 17.3 Å². The minimum Gasteiger partial charge on any atom is -0.485 e. The maximum absolute atomic E-state index is 11.9. The van der Waals surface area contributed by atoms with E-state index in [-0.39, 0.29) is 12.5 Å². The van der Waals surface area contributed by atoms with Crippen molar-refractivity contribution in [3.05, 3.63) is 48.4 Å². The number of nitrogens with zero attached hydrogens (tertiary/aromatic N) is 1. The molecule has 1 N–H and O–H groups in total. The van der Waals surface area contributed by atoms with Crippen LogP contribution in [0.2, 0.25) is 0 Å². The first-order valence-electron chi connectivity index (χ1n) is 6.08. The summed E-state index contributed by atoms with van der Waals surface area (Å²) in [6, 6.07) is 10.7. The molecule has 0 saturated carbocycles. The lowest BCUT2D eigenvalue weighted by molar-refractivity contribution is -0.130. The zero-order valence-electron chi connectivity index (χ0n) is 10.5. The van der Waals surface area contributed by atoms with Crippen molar-refractivity contribution >= 4 is 12.1 Å². The first-order chi connectivity index (χ1) is 9.83. The topological polar surface area (TPSA) is 73.1 Å². The lowest BCUT2D eigenvalue weighted by Crippen LogP contribution is -2.42. The molecule has 0 saturated heterocycles. The van der Waals surface area contributed by atoms with Crippen molar-refractivity contribution in [2.45, 2.75) is 6.10 Å².